The summed E-state index contributed by atoms with van der Waals surface area (Å²) in [5.41, 5.74) is 2.24. The molecule has 0 amide bonds. The maximum absolute atomic E-state index is 10.9. The van der Waals surface area contributed by atoms with Crippen molar-refractivity contribution >= 4 is 6.47 Å². The van der Waals surface area contributed by atoms with Gasteiger partial charge in [0, 0.05) is 18.8 Å². The molecule has 0 aromatic heterocycles. The third-order valence-corrected chi connectivity index (χ3v) is 11.6. The molecule has 0 aromatic rings. The molecular formula is C28H42O4. The number of hydrogen-bond donors (Lipinski definition) is 0. The summed E-state index contributed by atoms with van der Waals surface area (Å²) < 4.78 is 18.7. The largest absolute Gasteiger partial charge is 0.464 e. The number of fused-ring (bicyclic) bond motifs is 7. The van der Waals surface area contributed by atoms with Gasteiger partial charge in [0.1, 0.15) is 6.10 Å². The Morgan fingerprint density at radius 2 is 1.94 bits per heavy atom. The number of carbonyl (C=O) groups is 1. The summed E-state index contributed by atoms with van der Waals surface area (Å²) in [5, 5.41) is 0. The van der Waals surface area contributed by atoms with Crippen molar-refractivity contribution < 1.29 is 19.0 Å². The number of rotatable bonds is 2. The van der Waals surface area contributed by atoms with E-state index in [1.54, 1.807) is 5.57 Å². The van der Waals surface area contributed by atoms with Gasteiger partial charge in [0.05, 0.1) is 12.7 Å². The molecule has 4 nitrogen and oxygen atoms in total. The summed E-state index contributed by atoms with van der Waals surface area (Å²) in [6.45, 7) is 11.4. The highest BCUT2D eigenvalue weighted by molar-refractivity contribution is 5.38. The third-order valence-electron chi connectivity index (χ3n) is 11.6. The van der Waals surface area contributed by atoms with E-state index in [1.165, 1.54) is 32.1 Å². The topological polar surface area (TPSA) is 44.8 Å². The van der Waals surface area contributed by atoms with Crippen LogP contribution in [0.15, 0.2) is 11.6 Å². The van der Waals surface area contributed by atoms with Crippen LogP contribution in [0.2, 0.25) is 0 Å². The molecule has 6 rings (SSSR count). The quantitative estimate of drug-likeness (QED) is 0.395. The average molecular weight is 443 g/mol. The predicted molar refractivity (Wildman–Crippen MR) is 123 cm³/mol. The van der Waals surface area contributed by atoms with Gasteiger partial charge in [-0.05, 0) is 85.4 Å². The minimum atomic E-state index is -0.310. The van der Waals surface area contributed by atoms with Gasteiger partial charge in [0.25, 0.3) is 6.47 Å². The van der Waals surface area contributed by atoms with Crippen molar-refractivity contribution in [3.8, 4) is 0 Å². The van der Waals surface area contributed by atoms with Crippen LogP contribution in [0.25, 0.3) is 0 Å². The predicted octanol–water partition coefficient (Wildman–Crippen LogP) is 5.89. The van der Waals surface area contributed by atoms with Gasteiger partial charge in [0.2, 0.25) is 0 Å². The fourth-order valence-corrected chi connectivity index (χ4v) is 9.84. The Hall–Kier alpha value is -0.870. The highest BCUT2D eigenvalue weighted by Crippen LogP contribution is 2.70. The molecule has 6 aliphatic rings. The van der Waals surface area contributed by atoms with Crippen molar-refractivity contribution in [2.24, 2.45) is 46.3 Å². The van der Waals surface area contributed by atoms with E-state index < -0.39 is 0 Å². The van der Waals surface area contributed by atoms with Gasteiger partial charge >= 0.3 is 0 Å². The molecule has 0 aromatic carbocycles. The lowest BCUT2D eigenvalue weighted by Gasteiger charge is -2.58. The number of ether oxygens (including phenoxy) is 3. The lowest BCUT2D eigenvalue weighted by molar-refractivity contribution is -0.272. The molecule has 0 radical (unpaired) electrons. The molecule has 2 heterocycles. The second-order valence-electron chi connectivity index (χ2n) is 12.9. The number of carbonyl (C=O) groups excluding carboxylic acids is 1. The van der Waals surface area contributed by atoms with Crippen molar-refractivity contribution in [1.82, 2.24) is 0 Å². The molecule has 5 fully saturated rings. The first-order valence-corrected chi connectivity index (χ1v) is 13.4. The van der Waals surface area contributed by atoms with Crippen LogP contribution in [0.4, 0.5) is 0 Å². The van der Waals surface area contributed by atoms with E-state index >= 15 is 0 Å². The van der Waals surface area contributed by atoms with Gasteiger partial charge in [-0.3, -0.25) is 4.79 Å². The van der Waals surface area contributed by atoms with Gasteiger partial charge in [-0.2, -0.15) is 0 Å². The molecule has 2 aliphatic heterocycles. The van der Waals surface area contributed by atoms with Crippen LogP contribution in [0.5, 0.6) is 0 Å². The van der Waals surface area contributed by atoms with Crippen LogP contribution in [0, 0.1) is 46.3 Å². The lowest BCUT2D eigenvalue weighted by atomic mass is 9.47. The van der Waals surface area contributed by atoms with E-state index in [9.17, 15) is 4.79 Å². The Kier molecular flexibility index (Phi) is 4.95. The summed E-state index contributed by atoms with van der Waals surface area (Å²) in [6, 6.07) is 0. The molecule has 2 saturated heterocycles. The van der Waals surface area contributed by atoms with Crippen LogP contribution in [-0.2, 0) is 19.0 Å². The standard InChI is InChI=1S/C28H42O4/c1-17-7-12-28(31-15-17)18(2)25-24(32-28)14-23-21-6-5-19-13-20(30-16-29)8-10-26(19,3)22(21)9-11-27(23,25)4/h5,16-18,20-25H,6-15H2,1-4H3. The minimum absolute atomic E-state index is 0.0896. The maximum atomic E-state index is 10.9. The smallest absolute Gasteiger partial charge is 0.293 e. The highest BCUT2D eigenvalue weighted by Gasteiger charge is 2.68. The van der Waals surface area contributed by atoms with E-state index in [1.807, 2.05) is 0 Å². The Morgan fingerprint density at radius 1 is 1.09 bits per heavy atom. The molecule has 32 heavy (non-hydrogen) atoms. The van der Waals surface area contributed by atoms with Crippen molar-refractivity contribution in [3.63, 3.8) is 0 Å². The molecule has 3 saturated carbocycles. The first-order chi connectivity index (χ1) is 15.3. The first kappa shape index (κ1) is 21.6. The molecular weight excluding hydrogens is 400 g/mol. The Labute approximate surface area is 193 Å². The molecule has 178 valence electrons. The van der Waals surface area contributed by atoms with Gasteiger partial charge in [-0.25, -0.2) is 0 Å². The summed E-state index contributed by atoms with van der Waals surface area (Å²) in [4.78, 5) is 10.9. The van der Waals surface area contributed by atoms with E-state index in [0.717, 1.165) is 50.0 Å². The van der Waals surface area contributed by atoms with Gasteiger partial charge in [-0.15, -0.1) is 0 Å². The lowest BCUT2D eigenvalue weighted by Crippen LogP contribution is -2.52. The van der Waals surface area contributed by atoms with Crippen molar-refractivity contribution in [2.45, 2.75) is 103 Å². The normalized spacial score (nSPS) is 56.6. The number of allylic oxidation sites excluding steroid dienone is 1. The molecule has 4 aliphatic carbocycles. The second-order valence-corrected chi connectivity index (χ2v) is 12.9. The summed E-state index contributed by atoms with van der Waals surface area (Å²) >= 11 is 0. The van der Waals surface area contributed by atoms with Gasteiger partial charge < -0.3 is 14.2 Å². The van der Waals surface area contributed by atoms with E-state index in [0.29, 0.717) is 41.2 Å². The monoisotopic (exact) mass is 442 g/mol. The third kappa shape index (κ3) is 2.84. The van der Waals surface area contributed by atoms with Gasteiger partial charge in [0.15, 0.2) is 5.79 Å². The number of hydrogen-bond acceptors (Lipinski definition) is 4. The average Bonchev–Trinajstić information content (AvgIpc) is 3.21. The van der Waals surface area contributed by atoms with Crippen molar-refractivity contribution in [3.05, 3.63) is 11.6 Å². The Balaban J connectivity index is 1.25. The van der Waals surface area contributed by atoms with E-state index in [4.69, 9.17) is 14.2 Å². The summed E-state index contributed by atoms with van der Waals surface area (Å²) in [5.74, 6) is 3.78. The molecule has 1 spiro atoms. The maximum Gasteiger partial charge on any atom is 0.293 e. The van der Waals surface area contributed by atoms with Crippen molar-refractivity contribution in [1.29, 1.82) is 0 Å². The zero-order chi connectivity index (χ0) is 22.3. The van der Waals surface area contributed by atoms with Crippen LogP contribution >= 0.6 is 0 Å². The molecule has 0 bridgehead atoms. The van der Waals surface area contributed by atoms with E-state index in [2.05, 4.69) is 33.8 Å². The Morgan fingerprint density at radius 3 is 2.69 bits per heavy atom. The molecule has 0 N–H and O–H groups in total. The van der Waals surface area contributed by atoms with E-state index in [-0.39, 0.29) is 11.9 Å². The second kappa shape index (κ2) is 7.31. The minimum Gasteiger partial charge on any atom is -0.464 e. The Bertz CT molecular complexity index is 797. The van der Waals surface area contributed by atoms with Crippen LogP contribution in [0.3, 0.4) is 0 Å². The highest BCUT2D eigenvalue weighted by atomic mass is 16.7. The zero-order valence-electron chi connectivity index (χ0n) is 20.5. The molecule has 4 heteroatoms. The fraction of sp³-hybridized carbons (Fsp3) is 0.893. The van der Waals surface area contributed by atoms with Gasteiger partial charge in [-0.1, -0.05) is 39.3 Å². The SMILES string of the molecule is CC1CCC2(OC1)OC1CC3C4CC=C5CC(OC=O)CCC5(C)C4CCC3(C)C1C2C. The first-order valence-electron chi connectivity index (χ1n) is 13.4. The fourth-order valence-electron chi connectivity index (χ4n) is 9.84. The van der Waals surface area contributed by atoms with Crippen LogP contribution in [0.1, 0.15) is 85.5 Å². The molecule has 11 unspecified atom stereocenters. The van der Waals surface area contributed by atoms with Crippen molar-refractivity contribution in [2.75, 3.05) is 6.61 Å². The summed E-state index contributed by atoms with van der Waals surface area (Å²) in [6.07, 6.45) is 13.6. The zero-order valence-corrected chi connectivity index (χ0v) is 20.5. The summed E-state index contributed by atoms with van der Waals surface area (Å²) in [7, 11) is 0. The molecule has 11 atom stereocenters. The van der Waals surface area contributed by atoms with Crippen LogP contribution in [-0.4, -0.2) is 31.1 Å². The van der Waals surface area contributed by atoms with Crippen LogP contribution < -0.4 is 0 Å².